The van der Waals surface area contributed by atoms with Crippen LogP contribution in [-0.4, -0.2) is 21.2 Å². The van der Waals surface area contributed by atoms with E-state index in [-0.39, 0.29) is 16.4 Å². The fourth-order valence-corrected chi connectivity index (χ4v) is 2.37. The minimum atomic E-state index is -0.479. The molecule has 0 spiro atoms. The summed E-state index contributed by atoms with van der Waals surface area (Å²) in [5, 5.41) is 11.0. The van der Waals surface area contributed by atoms with Crippen molar-refractivity contribution in [1.29, 1.82) is 0 Å². The average Bonchev–Trinajstić information content (AvgIpc) is 2.39. The molecule has 0 saturated heterocycles. The predicted octanol–water partition coefficient (Wildman–Crippen LogP) is 3.00. The van der Waals surface area contributed by atoms with Crippen LogP contribution in [0.5, 0.6) is 0 Å². The molecule has 0 bridgehead atoms. The molecule has 0 amide bonds. The van der Waals surface area contributed by atoms with Crippen molar-refractivity contribution in [3.05, 3.63) is 51.4 Å². The Morgan fingerprint density at radius 1 is 1.26 bits per heavy atom. The minimum absolute atomic E-state index is 0.000630. The van der Waals surface area contributed by atoms with Crippen LogP contribution in [0.1, 0.15) is 10.4 Å². The Labute approximate surface area is 117 Å². The van der Waals surface area contributed by atoms with E-state index in [4.69, 9.17) is 11.6 Å². The van der Waals surface area contributed by atoms with Crippen molar-refractivity contribution >= 4 is 35.3 Å². The number of hydrogen-bond donors (Lipinski definition) is 0. The summed E-state index contributed by atoms with van der Waals surface area (Å²) < 4.78 is 0. The maximum atomic E-state index is 10.9. The molecule has 0 fully saturated rings. The fourth-order valence-electron chi connectivity index (χ4n) is 1.29. The predicted molar refractivity (Wildman–Crippen MR) is 69.6 cm³/mol. The molecule has 0 aliphatic carbocycles. The van der Waals surface area contributed by atoms with Gasteiger partial charge in [0.15, 0.2) is 6.29 Å². The number of aromatic nitrogens is 2. The van der Waals surface area contributed by atoms with E-state index in [2.05, 4.69) is 9.97 Å². The van der Waals surface area contributed by atoms with E-state index in [9.17, 15) is 14.9 Å². The smallest absolute Gasteiger partial charge is 0.269 e. The van der Waals surface area contributed by atoms with Crippen molar-refractivity contribution in [2.24, 2.45) is 0 Å². The monoisotopic (exact) mass is 295 g/mol. The van der Waals surface area contributed by atoms with Crippen LogP contribution in [0.4, 0.5) is 5.69 Å². The summed E-state index contributed by atoms with van der Waals surface area (Å²) in [7, 11) is 0. The number of carbonyl (C=O) groups excluding carboxylic acids is 1. The lowest BCUT2D eigenvalue weighted by atomic mass is 10.3. The van der Waals surface area contributed by atoms with E-state index < -0.39 is 4.92 Å². The lowest BCUT2D eigenvalue weighted by Gasteiger charge is -2.03. The molecule has 1 heterocycles. The number of halogens is 1. The van der Waals surface area contributed by atoms with Gasteiger partial charge in [0.1, 0.15) is 16.5 Å². The van der Waals surface area contributed by atoms with Crippen molar-refractivity contribution < 1.29 is 9.72 Å². The molecule has 2 rings (SSSR count). The van der Waals surface area contributed by atoms with Crippen molar-refractivity contribution in [2.75, 3.05) is 0 Å². The lowest BCUT2D eigenvalue weighted by Crippen LogP contribution is -1.93. The molecule has 0 unspecified atom stereocenters. The Kier molecular flexibility index (Phi) is 4.08. The van der Waals surface area contributed by atoms with Gasteiger partial charge >= 0.3 is 0 Å². The number of carbonyl (C=O) groups is 1. The fraction of sp³-hybridized carbons (Fsp3) is 0. The number of hydrogen-bond acceptors (Lipinski definition) is 6. The summed E-state index contributed by atoms with van der Waals surface area (Å²) in [5.41, 5.74) is 0.202. The van der Waals surface area contributed by atoms with E-state index in [1.807, 2.05) is 0 Å². The molecular formula is C11H6ClN3O3S. The molecule has 19 heavy (non-hydrogen) atoms. The molecule has 1 aromatic carbocycles. The minimum Gasteiger partial charge on any atom is -0.298 e. The summed E-state index contributed by atoms with van der Waals surface area (Å²) >= 11 is 6.96. The average molecular weight is 296 g/mol. The van der Waals surface area contributed by atoms with Gasteiger partial charge in [0.2, 0.25) is 0 Å². The zero-order valence-electron chi connectivity index (χ0n) is 9.32. The second kappa shape index (κ2) is 5.77. The molecular weight excluding hydrogens is 290 g/mol. The molecule has 0 atom stereocenters. The van der Waals surface area contributed by atoms with Gasteiger partial charge in [-0.1, -0.05) is 23.4 Å². The topological polar surface area (TPSA) is 86.0 Å². The Hall–Kier alpha value is -1.99. The van der Waals surface area contributed by atoms with E-state index in [1.165, 1.54) is 30.2 Å². The normalized spacial score (nSPS) is 10.2. The molecule has 0 aliphatic heterocycles. The van der Waals surface area contributed by atoms with E-state index in [1.54, 1.807) is 12.1 Å². The number of aldehydes is 1. The van der Waals surface area contributed by atoms with Crippen molar-refractivity contribution in [3.63, 3.8) is 0 Å². The zero-order chi connectivity index (χ0) is 13.8. The first-order valence-corrected chi connectivity index (χ1v) is 6.19. The van der Waals surface area contributed by atoms with Crippen molar-refractivity contribution in [1.82, 2.24) is 9.97 Å². The van der Waals surface area contributed by atoms with Crippen LogP contribution < -0.4 is 0 Å². The molecule has 6 nitrogen and oxygen atoms in total. The van der Waals surface area contributed by atoms with E-state index >= 15 is 0 Å². The second-order valence-corrected chi connectivity index (χ2v) is 4.77. The molecule has 0 N–H and O–H groups in total. The van der Waals surface area contributed by atoms with Gasteiger partial charge in [-0.25, -0.2) is 9.97 Å². The van der Waals surface area contributed by atoms with Gasteiger partial charge < -0.3 is 0 Å². The zero-order valence-corrected chi connectivity index (χ0v) is 10.9. The second-order valence-electron chi connectivity index (χ2n) is 3.35. The van der Waals surface area contributed by atoms with Gasteiger partial charge in [-0.3, -0.25) is 14.9 Å². The highest BCUT2D eigenvalue weighted by atomic mass is 35.5. The standard InChI is InChI=1S/C11H6ClN3O3S/c12-10-9(5-16)11(14-6-13-10)19-8-3-1-7(2-4-8)15(17)18/h1-6H. The van der Waals surface area contributed by atoms with Crippen LogP contribution in [0.2, 0.25) is 5.15 Å². The quantitative estimate of drug-likeness (QED) is 0.373. The van der Waals surface area contributed by atoms with Gasteiger partial charge in [-0.05, 0) is 12.1 Å². The first-order valence-electron chi connectivity index (χ1n) is 5.00. The molecule has 96 valence electrons. The first kappa shape index (κ1) is 13.4. The van der Waals surface area contributed by atoms with Crippen molar-refractivity contribution in [3.8, 4) is 0 Å². The summed E-state index contributed by atoms with van der Waals surface area (Å²) in [4.78, 5) is 29.4. The molecule has 0 aliphatic rings. The van der Waals surface area contributed by atoms with Gasteiger partial charge in [-0.15, -0.1) is 0 Å². The Balaban J connectivity index is 2.28. The van der Waals surface area contributed by atoms with Crippen LogP contribution in [-0.2, 0) is 0 Å². The van der Waals surface area contributed by atoms with Crippen molar-refractivity contribution in [2.45, 2.75) is 9.92 Å². The summed E-state index contributed by atoms with van der Waals surface area (Å²) in [6, 6.07) is 5.91. The van der Waals surface area contributed by atoms with Crippen LogP contribution in [0.25, 0.3) is 0 Å². The maximum absolute atomic E-state index is 10.9. The number of nitrogens with zero attached hydrogens (tertiary/aromatic N) is 3. The van der Waals surface area contributed by atoms with Crippen LogP contribution in [0, 0.1) is 10.1 Å². The summed E-state index contributed by atoms with van der Waals surface area (Å²) in [5.74, 6) is 0. The Morgan fingerprint density at radius 3 is 2.53 bits per heavy atom. The third-order valence-electron chi connectivity index (χ3n) is 2.18. The number of rotatable bonds is 4. The van der Waals surface area contributed by atoms with E-state index in [0.717, 1.165) is 0 Å². The van der Waals surface area contributed by atoms with Gasteiger partial charge in [0, 0.05) is 17.0 Å². The third-order valence-corrected chi connectivity index (χ3v) is 3.51. The van der Waals surface area contributed by atoms with Crippen LogP contribution >= 0.6 is 23.4 Å². The first-order chi connectivity index (χ1) is 9.11. The Morgan fingerprint density at radius 2 is 1.95 bits per heavy atom. The molecule has 0 saturated carbocycles. The number of benzene rings is 1. The van der Waals surface area contributed by atoms with Gasteiger partial charge in [0.25, 0.3) is 5.69 Å². The van der Waals surface area contributed by atoms with Crippen LogP contribution in [0.15, 0.2) is 40.5 Å². The molecule has 2 aromatic rings. The van der Waals surface area contributed by atoms with E-state index in [0.29, 0.717) is 16.2 Å². The summed E-state index contributed by atoms with van der Waals surface area (Å²) in [6.07, 6.45) is 1.83. The third kappa shape index (κ3) is 3.07. The van der Waals surface area contributed by atoms with Gasteiger partial charge in [0.05, 0.1) is 10.5 Å². The molecule has 0 radical (unpaired) electrons. The maximum Gasteiger partial charge on any atom is 0.269 e. The van der Waals surface area contributed by atoms with Crippen LogP contribution in [0.3, 0.4) is 0 Å². The highest BCUT2D eigenvalue weighted by Gasteiger charge is 2.11. The number of nitro benzene ring substituents is 1. The highest BCUT2D eigenvalue weighted by molar-refractivity contribution is 7.99. The summed E-state index contributed by atoms with van der Waals surface area (Å²) in [6.45, 7) is 0. The largest absolute Gasteiger partial charge is 0.298 e. The highest BCUT2D eigenvalue weighted by Crippen LogP contribution is 2.31. The number of non-ortho nitro benzene ring substituents is 1. The van der Waals surface area contributed by atoms with Gasteiger partial charge in [-0.2, -0.15) is 0 Å². The SMILES string of the molecule is O=Cc1c(Cl)ncnc1Sc1ccc([N+](=O)[O-])cc1. The molecule has 1 aromatic heterocycles. The number of nitro groups is 1. The Bertz CT molecular complexity index is 634. The molecule has 8 heteroatoms. The lowest BCUT2D eigenvalue weighted by molar-refractivity contribution is -0.384.